The predicted octanol–water partition coefficient (Wildman–Crippen LogP) is 4.63. The topological polar surface area (TPSA) is 15.7 Å². The van der Waals surface area contributed by atoms with E-state index in [1.807, 2.05) is 0 Å². The summed E-state index contributed by atoms with van der Waals surface area (Å²) in [6.45, 7) is 7.45. The molecule has 2 heterocycles. The summed E-state index contributed by atoms with van der Waals surface area (Å²) >= 11 is 0. The molecule has 4 rings (SSSR count). The molecule has 3 heteroatoms. The van der Waals surface area contributed by atoms with E-state index in [1.165, 1.54) is 42.6 Å². The first-order valence-corrected chi connectivity index (χ1v) is 10.4. The molecule has 0 spiro atoms. The summed E-state index contributed by atoms with van der Waals surface area (Å²) in [6.07, 6.45) is 2.80. The second kappa shape index (κ2) is 8.55. The van der Waals surface area contributed by atoms with Crippen LogP contribution in [0.5, 0.6) is 0 Å². The molecule has 2 aromatic rings. The minimum Gasteiger partial charge on any atom is -0.370 e. The highest BCUT2D eigenvalue weighted by atomic mass is 16.5. The van der Waals surface area contributed by atoms with Gasteiger partial charge in [0.25, 0.3) is 0 Å². The number of piperidine rings is 1. The fraction of sp³-hybridized carbons (Fsp3) is 0.500. The standard InChI is InChI=1S/C24H32N2O/c1-3-26-17-24(21-8-5-4-6-9-21)27-18-23(26)20-13-11-19(12-14-20)22-10-7-15-25(2)16-22/h4-6,8-9,11-14,22-24H,3,7,10,15-18H2,1-2H3. The fourth-order valence-electron chi connectivity index (χ4n) is 4.66. The fourth-order valence-corrected chi connectivity index (χ4v) is 4.66. The number of likely N-dealkylation sites (N-methyl/N-ethyl adjacent to an activating group) is 2. The molecule has 0 saturated carbocycles. The van der Waals surface area contributed by atoms with Crippen LogP contribution in [0.1, 0.15) is 54.5 Å². The van der Waals surface area contributed by atoms with Crippen molar-refractivity contribution >= 4 is 0 Å². The van der Waals surface area contributed by atoms with E-state index in [0.717, 1.165) is 19.7 Å². The predicted molar refractivity (Wildman–Crippen MR) is 111 cm³/mol. The molecular weight excluding hydrogens is 332 g/mol. The van der Waals surface area contributed by atoms with Crippen molar-refractivity contribution in [3.05, 3.63) is 71.3 Å². The van der Waals surface area contributed by atoms with Crippen molar-refractivity contribution in [1.29, 1.82) is 0 Å². The molecular formula is C24H32N2O. The minimum atomic E-state index is 0.180. The van der Waals surface area contributed by atoms with E-state index in [2.05, 4.69) is 78.4 Å². The van der Waals surface area contributed by atoms with Gasteiger partial charge >= 0.3 is 0 Å². The Balaban J connectivity index is 1.45. The van der Waals surface area contributed by atoms with Gasteiger partial charge in [-0.05, 0) is 55.6 Å². The van der Waals surface area contributed by atoms with Crippen molar-refractivity contribution in [3.8, 4) is 0 Å². The van der Waals surface area contributed by atoms with Gasteiger partial charge in [-0.25, -0.2) is 0 Å². The third-order valence-electron chi connectivity index (χ3n) is 6.29. The lowest BCUT2D eigenvalue weighted by molar-refractivity contribution is -0.0648. The smallest absolute Gasteiger partial charge is 0.0952 e. The van der Waals surface area contributed by atoms with Crippen molar-refractivity contribution in [1.82, 2.24) is 9.80 Å². The van der Waals surface area contributed by atoms with Gasteiger partial charge in [-0.2, -0.15) is 0 Å². The van der Waals surface area contributed by atoms with Crippen LogP contribution in [0.4, 0.5) is 0 Å². The van der Waals surface area contributed by atoms with E-state index in [4.69, 9.17) is 4.74 Å². The number of benzene rings is 2. The molecule has 2 aromatic carbocycles. The summed E-state index contributed by atoms with van der Waals surface area (Å²) in [5.74, 6) is 0.685. The average Bonchev–Trinajstić information content (AvgIpc) is 2.74. The summed E-state index contributed by atoms with van der Waals surface area (Å²) in [6, 6.07) is 20.4. The number of ether oxygens (including phenoxy) is 1. The molecule has 3 unspecified atom stereocenters. The molecule has 3 atom stereocenters. The molecule has 2 saturated heterocycles. The summed E-state index contributed by atoms with van der Waals surface area (Å²) < 4.78 is 6.28. The highest BCUT2D eigenvalue weighted by Crippen LogP contribution is 2.33. The number of morpholine rings is 1. The van der Waals surface area contributed by atoms with Crippen molar-refractivity contribution in [3.63, 3.8) is 0 Å². The minimum absolute atomic E-state index is 0.180. The molecule has 0 aliphatic carbocycles. The molecule has 0 radical (unpaired) electrons. The van der Waals surface area contributed by atoms with Gasteiger partial charge in [-0.15, -0.1) is 0 Å². The van der Waals surface area contributed by atoms with Crippen LogP contribution in [0.25, 0.3) is 0 Å². The summed E-state index contributed by atoms with van der Waals surface area (Å²) in [5, 5.41) is 0. The zero-order valence-corrected chi connectivity index (χ0v) is 16.7. The number of hydrogen-bond donors (Lipinski definition) is 0. The van der Waals surface area contributed by atoms with Crippen molar-refractivity contribution in [2.24, 2.45) is 0 Å². The normalized spacial score (nSPS) is 27.6. The van der Waals surface area contributed by atoms with Gasteiger partial charge in [0.2, 0.25) is 0 Å². The van der Waals surface area contributed by atoms with E-state index >= 15 is 0 Å². The van der Waals surface area contributed by atoms with Crippen molar-refractivity contribution < 1.29 is 4.74 Å². The number of hydrogen-bond acceptors (Lipinski definition) is 3. The van der Waals surface area contributed by atoms with Crippen LogP contribution in [0.3, 0.4) is 0 Å². The molecule has 2 fully saturated rings. The van der Waals surface area contributed by atoms with Gasteiger partial charge in [-0.1, -0.05) is 61.5 Å². The quantitative estimate of drug-likeness (QED) is 0.787. The number of rotatable bonds is 4. The second-order valence-corrected chi connectivity index (χ2v) is 8.10. The molecule has 0 amide bonds. The highest BCUT2D eigenvalue weighted by Gasteiger charge is 2.30. The maximum atomic E-state index is 6.28. The first-order chi connectivity index (χ1) is 13.2. The summed E-state index contributed by atoms with van der Waals surface area (Å²) in [5.41, 5.74) is 4.16. The lowest BCUT2D eigenvalue weighted by Crippen LogP contribution is -2.41. The molecule has 2 aliphatic rings. The average molecular weight is 365 g/mol. The van der Waals surface area contributed by atoms with Crippen LogP contribution < -0.4 is 0 Å². The van der Waals surface area contributed by atoms with Gasteiger partial charge in [0.1, 0.15) is 0 Å². The lowest BCUT2D eigenvalue weighted by Gasteiger charge is -2.39. The SMILES string of the molecule is CCN1CC(c2ccccc2)OCC1c1ccc(C2CCCN(C)C2)cc1. The van der Waals surface area contributed by atoms with E-state index in [0.29, 0.717) is 12.0 Å². The zero-order valence-electron chi connectivity index (χ0n) is 16.7. The molecule has 2 aliphatic heterocycles. The van der Waals surface area contributed by atoms with E-state index in [9.17, 15) is 0 Å². The lowest BCUT2D eigenvalue weighted by atomic mass is 9.89. The highest BCUT2D eigenvalue weighted by molar-refractivity contribution is 5.29. The Bertz CT molecular complexity index is 715. The van der Waals surface area contributed by atoms with Crippen LogP contribution in [0.15, 0.2) is 54.6 Å². The van der Waals surface area contributed by atoms with E-state index in [-0.39, 0.29) is 6.10 Å². The first-order valence-electron chi connectivity index (χ1n) is 10.4. The third-order valence-corrected chi connectivity index (χ3v) is 6.29. The molecule has 3 nitrogen and oxygen atoms in total. The van der Waals surface area contributed by atoms with Crippen molar-refractivity contribution in [2.75, 3.05) is 39.8 Å². The van der Waals surface area contributed by atoms with Crippen LogP contribution in [-0.2, 0) is 4.74 Å². The summed E-state index contributed by atoms with van der Waals surface area (Å²) in [4.78, 5) is 5.02. The van der Waals surface area contributed by atoms with Crippen LogP contribution >= 0.6 is 0 Å². The second-order valence-electron chi connectivity index (χ2n) is 8.10. The Hall–Kier alpha value is -1.68. The first kappa shape index (κ1) is 18.7. The largest absolute Gasteiger partial charge is 0.370 e. The maximum absolute atomic E-state index is 6.28. The number of nitrogens with zero attached hydrogens (tertiary/aromatic N) is 2. The summed E-state index contributed by atoms with van der Waals surface area (Å²) in [7, 11) is 2.24. The molecule has 27 heavy (non-hydrogen) atoms. The van der Waals surface area contributed by atoms with Crippen LogP contribution in [-0.4, -0.2) is 49.6 Å². The molecule has 0 N–H and O–H groups in total. The number of likely N-dealkylation sites (tertiary alicyclic amines) is 1. The Kier molecular flexibility index (Phi) is 5.92. The van der Waals surface area contributed by atoms with Gasteiger partial charge < -0.3 is 9.64 Å². The van der Waals surface area contributed by atoms with Crippen LogP contribution in [0, 0.1) is 0 Å². The molecule has 0 bridgehead atoms. The molecule has 0 aromatic heterocycles. The van der Waals surface area contributed by atoms with Gasteiger partial charge in [0.05, 0.1) is 18.8 Å². The Morgan fingerprint density at radius 1 is 0.926 bits per heavy atom. The van der Waals surface area contributed by atoms with Gasteiger partial charge in [0.15, 0.2) is 0 Å². The maximum Gasteiger partial charge on any atom is 0.0952 e. The van der Waals surface area contributed by atoms with Gasteiger partial charge in [-0.3, -0.25) is 4.90 Å². The van der Waals surface area contributed by atoms with Gasteiger partial charge in [0, 0.05) is 13.1 Å². The molecule has 144 valence electrons. The Morgan fingerprint density at radius 3 is 2.37 bits per heavy atom. The Labute approximate surface area is 163 Å². The zero-order chi connectivity index (χ0) is 18.6. The van der Waals surface area contributed by atoms with Crippen molar-refractivity contribution in [2.45, 2.75) is 37.8 Å². The Morgan fingerprint density at radius 2 is 1.67 bits per heavy atom. The monoisotopic (exact) mass is 364 g/mol. The van der Waals surface area contributed by atoms with Crippen LogP contribution in [0.2, 0.25) is 0 Å². The van der Waals surface area contributed by atoms with E-state index in [1.54, 1.807) is 0 Å². The van der Waals surface area contributed by atoms with E-state index < -0.39 is 0 Å². The third kappa shape index (κ3) is 4.26.